The van der Waals surface area contributed by atoms with E-state index < -0.39 is 55.6 Å². The van der Waals surface area contributed by atoms with Crippen LogP contribution in [0.3, 0.4) is 0 Å². The van der Waals surface area contributed by atoms with Gasteiger partial charge < -0.3 is 5.32 Å². The van der Waals surface area contributed by atoms with E-state index in [9.17, 15) is 39.6 Å². The van der Waals surface area contributed by atoms with Crippen molar-refractivity contribution in [2.45, 2.75) is 17.6 Å². The van der Waals surface area contributed by atoms with Crippen molar-refractivity contribution in [1.29, 1.82) is 0 Å². The minimum atomic E-state index is -5.12. The molecule has 3 aromatic carbocycles. The van der Waals surface area contributed by atoms with E-state index in [0.29, 0.717) is 22.1 Å². The zero-order valence-corrected chi connectivity index (χ0v) is 17.6. The predicted molar refractivity (Wildman–Crippen MR) is 109 cm³/mol. The number of benzene rings is 3. The maximum absolute atomic E-state index is 13.9. The fraction of sp³-hybridized carbons (Fsp3) is 0.0952. The molecule has 0 spiro atoms. The quantitative estimate of drug-likeness (QED) is 0.513. The third kappa shape index (κ3) is 4.19. The molecule has 4 rings (SSSR count). The summed E-state index contributed by atoms with van der Waals surface area (Å²) in [6.07, 6.45) is -5.12. The molecule has 2 N–H and O–H groups in total. The van der Waals surface area contributed by atoms with Gasteiger partial charge in [0.2, 0.25) is 0 Å². The molecule has 13 heteroatoms. The molecule has 1 aliphatic rings. The SMILES string of the molecule is O=C(Nc1ccc2c(c1)N(S(=O)(=O)c1ccc(F)c(C(F)(F)F)c1)NC2)c1c(F)cccc1F. The molecule has 0 atom stereocenters. The molecule has 1 heterocycles. The summed E-state index contributed by atoms with van der Waals surface area (Å²) >= 11 is 0. The molecule has 0 fully saturated rings. The molecule has 0 saturated heterocycles. The van der Waals surface area contributed by atoms with Gasteiger partial charge in [-0.05, 0) is 48.0 Å². The molecule has 0 aliphatic carbocycles. The van der Waals surface area contributed by atoms with Crippen LogP contribution in [0.5, 0.6) is 0 Å². The van der Waals surface area contributed by atoms with Crippen LogP contribution in [-0.2, 0) is 22.7 Å². The number of carbonyl (C=O) groups is 1. The lowest BCUT2D eigenvalue weighted by Gasteiger charge is -2.20. The number of anilines is 2. The first kappa shape index (κ1) is 23.6. The maximum atomic E-state index is 13.9. The minimum Gasteiger partial charge on any atom is -0.322 e. The molecule has 0 unspecified atom stereocenters. The Morgan fingerprint density at radius 3 is 2.26 bits per heavy atom. The number of amides is 1. The summed E-state index contributed by atoms with van der Waals surface area (Å²) in [7, 11) is -4.64. The molecular weight excluding hydrogens is 488 g/mol. The topological polar surface area (TPSA) is 78.5 Å². The number of sulfonamides is 1. The highest BCUT2D eigenvalue weighted by atomic mass is 32.2. The largest absolute Gasteiger partial charge is 0.419 e. The number of hydrazine groups is 1. The van der Waals surface area contributed by atoms with Crippen molar-refractivity contribution < 1.29 is 39.6 Å². The summed E-state index contributed by atoms with van der Waals surface area (Å²) in [4.78, 5) is 11.5. The lowest BCUT2D eigenvalue weighted by atomic mass is 10.1. The number of nitrogens with one attached hydrogen (secondary N) is 2. The third-order valence-corrected chi connectivity index (χ3v) is 6.60. The van der Waals surface area contributed by atoms with Crippen LogP contribution in [0.25, 0.3) is 0 Å². The summed E-state index contributed by atoms with van der Waals surface area (Å²) in [5, 5.41) is 2.25. The Labute approximate surface area is 188 Å². The van der Waals surface area contributed by atoms with Crippen molar-refractivity contribution in [3.63, 3.8) is 0 Å². The first-order valence-electron chi connectivity index (χ1n) is 9.43. The van der Waals surface area contributed by atoms with E-state index in [1.165, 1.54) is 12.1 Å². The number of hydrogen-bond acceptors (Lipinski definition) is 4. The van der Waals surface area contributed by atoms with E-state index in [1.807, 2.05) is 0 Å². The van der Waals surface area contributed by atoms with Gasteiger partial charge >= 0.3 is 6.18 Å². The summed E-state index contributed by atoms with van der Waals surface area (Å²) in [6.45, 7) is -0.0297. The van der Waals surface area contributed by atoms with E-state index >= 15 is 0 Å². The fourth-order valence-corrected chi connectivity index (χ4v) is 4.71. The summed E-state index contributed by atoms with van der Waals surface area (Å²) in [6, 6.07) is 8.04. The summed E-state index contributed by atoms with van der Waals surface area (Å²) < 4.78 is 107. The van der Waals surface area contributed by atoms with Crippen LogP contribution in [0.15, 0.2) is 59.5 Å². The molecule has 34 heavy (non-hydrogen) atoms. The van der Waals surface area contributed by atoms with Gasteiger partial charge in [0.1, 0.15) is 23.0 Å². The summed E-state index contributed by atoms with van der Waals surface area (Å²) in [5.74, 6) is -4.99. The van der Waals surface area contributed by atoms with Crippen LogP contribution >= 0.6 is 0 Å². The average Bonchev–Trinajstić information content (AvgIpc) is 3.17. The van der Waals surface area contributed by atoms with Gasteiger partial charge in [-0.2, -0.15) is 26.0 Å². The van der Waals surface area contributed by atoms with Gasteiger partial charge in [0.05, 0.1) is 16.1 Å². The number of carbonyl (C=O) groups excluding carboxylic acids is 1. The molecule has 6 nitrogen and oxygen atoms in total. The van der Waals surface area contributed by atoms with Gasteiger partial charge in [-0.3, -0.25) is 4.79 Å². The molecule has 178 valence electrons. The maximum Gasteiger partial charge on any atom is 0.419 e. The lowest BCUT2D eigenvalue weighted by Crippen LogP contribution is -2.38. The van der Waals surface area contributed by atoms with E-state index in [-0.39, 0.29) is 24.0 Å². The molecule has 0 radical (unpaired) electrons. The highest BCUT2D eigenvalue weighted by molar-refractivity contribution is 7.92. The Balaban J connectivity index is 1.68. The first-order chi connectivity index (χ1) is 15.9. The zero-order valence-electron chi connectivity index (χ0n) is 16.8. The van der Waals surface area contributed by atoms with Crippen molar-refractivity contribution in [2.24, 2.45) is 0 Å². The molecule has 1 amide bonds. The summed E-state index contributed by atoms with van der Waals surface area (Å²) in [5.41, 5.74) is 0.214. The second kappa shape index (κ2) is 8.33. The molecule has 1 aliphatic heterocycles. The van der Waals surface area contributed by atoms with Crippen molar-refractivity contribution in [3.8, 4) is 0 Å². The van der Waals surface area contributed by atoms with E-state index in [2.05, 4.69) is 10.7 Å². The highest BCUT2D eigenvalue weighted by Crippen LogP contribution is 2.36. The third-order valence-electron chi connectivity index (χ3n) is 4.95. The average molecular weight is 501 g/mol. The monoisotopic (exact) mass is 501 g/mol. The van der Waals surface area contributed by atoms with Crippen LogP contribution < -0.4 is 15.2 Å². The Kier molecular flexibility index (Phi) is 5.77. The van der Waals surface area contributed by atoms with Crippen LogP contribution in [0.4, 0.5) is 37.7 Å². The van der Waals surface area contributed by atoms with Crippen LogP contribution in [0.2, 0.25) is 0 Å². The van der Waals surface area contributed by atoms with E-state index in [1.54, 1.807) is 0 Å². The number of alkyl halides is 3. The Bertz CT molecular complexity index is 1390. The second-order valence-electron chi connectivity index (χ2n) is 7.14. The van der Waals surface area contributed by atoms with Gasteiger partial charge in [0.15, 0.2) is 0 Å². The van der Waals surface area contributed by atoms with E-state index in [0.717, 1.165) is 24.3 Å². The Morgan fingerprint density at radius 2 is 1.62 bits per heavy atom. The smallest absolute Gasteiger partial charge is 0.322 e. The highest BCUT2D eigenvalue weighted by Gasteiger charge is 2.37. The molecular formula is C21H13F6N3O3S. The van der Waals surface area contributed by atoms with Crippen LogP contribution in [-0.4, -0.2) is 14.3 Å². The van der Waals surface area contributed by atoms with Crippen LogP contribution in [0.1, 0.15) is 21.5 Å². The van der Waals surface area contributed by atoms with Gasteiger partial charge in [-0.15, -0.1) is 0 Å². The number of fused-ring (bicyclic) bond motifs is 1. The first-order valence-corrected chi connectivity index (χ1v) is 10.9. The van der Waals surface area contributed by atoms with Gasteiger partial charge in [0, 0.05) is 12.2 Å². The second-order valence-corrected chi connectivity index (χ2v) is 8.92. The van der Waals surface area contributed by atoms with Gasteiger partial charge in [-0.25, -0.2) is 18.6 Å². The van der Waals surface area contributed by atoms with Gasteiger partial charge in [-0.1, -0.05) is 12.1 Å². The lowest BCUT2D eigenvalue weighted by molar-refractivity contribution is -0.140. The Hall–Kier alpha value is -3.58. The van der Waals surface area contributed by atoms with Crippen molar-refractivity contribution in [3.05, 3.63) is 88.7 Å². The van der Waals surface area contributed by atoms with Crippen molar-refractivity contribution >= 4 is 27.3 Å². The minimum absolute atomic E-state index is 0.0297. The number of halogens is 6. The van der Waals surface area contributed by atoms with E-state index in [4.69, 9.17) is 0 Å². The Morgan fingerprint density at radius 1 is 0.941 bits per heavy atom. The van der Waals surface area contributed by atoms with Crippen LogP contribution in [0, 0.1) is 17.5 Å². The number of nitrogens with zero attached hydrogens (tertiary/aromatic N) is 1. The number of hydrogen-bond donors (Lipinski definition) is 2. The van der Waals surface area contributed by atoms with Gasteiger partial charge in [0.25, 0.3) is 15.9 Å². The fourth-order valence-electron chi connectivity index (χ4n) is 3.33. The van der Waals surface area contributed by atoms with Crippen molar-refractivity contribution in [2.75, 3.05) is 9.73 Å². The molecule has 3 aromatic rings. The molecule has 0 bridgehead atoms. The molecule has 0 saturated carbocycles. The number of rotatable bonds is 4. The normalized spacial score (nSPS) is 13.6. The molecule has 0 aromatic heterocycles. The zero-order chi connectivity index (χ0) is 24.8. The van der Waals surface area contributed by atoms with Crippen molar-refractivity contribution in [1.82, 2.24) is 5.43 Å². The predicted octanol–water partition coefficient (Wildman–Crippen LogP) is 4.59. The standard InChI is InChI=1S/C21H13F6N3O3S/c22-15-7-6-13(9-14(15)21(25,26)27)34(32,33)30-18-8-12(5-4-11(18)10-28-30)29-20(31)19-16(23)2-1-3-17(19)24/h1-9,28H,10H2,(H,29,31).